The predicted molar refractivity (Wildman–Crippen MR) is 68.5 cm³/mol. The molecule has 0 aromatic carbocycles. The molecule has 0 fully saturated rings. The maximum Gasteiger partial charge on any atom is 0.243 e. The van der Waals surface area contributed by atoms with Crippen LogP contribution in [0.4, 0.5) is 5.95 Å². The summed E-state index contributed by atoms with van der Waals surface area (Å²) in [4.78, 5) is 7.29. The van der Waals surface area contributed by atoms with Crippen LogP contribution in [0.5, 0.6) is 0 Å². The second kappa shape index (κ2) is 5.33. The Morgan fingerprint density at radius 3 is 2.63 bits per heavy atom. The molecule has 19 heavy (non-hydrogen) atoms. The zero-order chi connectivity index (χ0) is 13.9. The van der Waals surface area contributed by atoms with Crippen LogP contribution in [0.3, 0.4) is 0 Å². The van der Waals surface area contributed by atoms with Gasteiger partial charge in [-0.05, 0) is 6.07 Å². The molecule has 0 saturated heterocycles. The third kappa shape index (κ3) is 3.26. The van der Waals surface area contributed by atoms with E-state index in [1.807, 2.05) is 6.07 Å². The number of nitrogens with one attached hydrogen (secondary N) is 1. The van der Waals surface area contributed by atoms with E-state index in [4.69, 9.17) is 5.73 Å². The second-order valence-electron chi connectivity index (χ2n) is 3.87. The largest absolute Gasteiger partial charge is 0.368 e. The SMILES string of the molecule is Cn1nccc1CCNS(=O)(=O)c1cnc(N)nc1. The standard InChI is InChI=1S/C10H14N6O2S/c1-16-8(2-4-14-16)3-5-15-19(17,18)9-6-12-10(11)13-7-9/h2,4,6-7,15H,3,5H2,1H3,(H2,11,12,13). The minimum absolute atomic E-state index is 0.00768. The van der Waals surface area contributed by atoms with Crippen molar-refractivity contribution < 1.29 is 8.42 Å². The first kappa shape index (κ1) is 13.4. The van der Waals surface area contributed by atoms with Crippen LogP contribution >= 0.6 is 0 Å². The predicted octanol–water partition coefficient (Wildman–Crippen LogP) is -0.687. The van der Waals surface area contributed by atoms with Crippen molar-refractivity contribution in [3.05, 3.63) is 30.4 Å². The molecule has 0 unspecified atom stereocenters. The van der Waals surface area contributed by atoms with E-state index in [0.717, 1.165) is 5.69 Å². The van der Waals surface area contributed by atoms with Gasteiger partial charge in [-0.1, -0.05) is 0 Å². The number of hydrogen-bond acceptors (Lipinski definition) is 6. The van der Waals surface area contributed by atoms with Crippen LogP contribution in [-0.2, 0) is 23.5 Å². The summed E-state index contributed by atoms with van der Waals surface area (Å²) in [7, 11) is -1.80. The normalized spacial score (nSPS) is 11.6. The molecule has 0 amide bonds. The van der Waals surface area contributed by atoms with Gasteiger partial charge in [-0.2, -0.15) is 5.10 Å². The quantitative estimate of drug-likeness (QED) is 0.750. The lowest BCUT2D eigenvalue weighted by atomic mass is 10.3. The zero-order valence-electron chi connectivity index (χ0n) is 10.3. The summed E-state index contributed by atoms with van der Waals surface area (Å²) in [6.07, 6.45) is 4.56. The number of nitrogens with two attached hydrogens (primary N) is 1. The first-order valence-corrected chi connectivity index (χ1v) is 7.01. The molecule has 2 aromatic rings. The molecule has 9 heteroatoms. The van der Waals surface area contributed by atoms with Crippen LogP contribution in [0.15, 0.2) is 29.6 Å². The molecular formula is C10H14N6O2S. The lowest BCUT2D eigenvalue weighted by Gasteiger charge is -2.06. The molecule has 0 bridgehead atoms. The highest BCUT2D eigenvalue weighted by Gasteiger charge is 2.14. The van der Waals surface area contributed by atoms with Crippen LogP contribution in [0, 0.1) is 0 Å². The van der Waals surface area contributed by atoms with Crippen LogP contribution in [0.25, 0.3) is 0 Å². The van der Waals surface area contributed by atoms with E-state index in [0.29, 0.717) is 6.42 Å². The van der Waals surface area contributed by atoms with Crippen molar-refractivity contribution in [3.8, 4) is 0 Å². The summed E-state index contributed by atoms with van der Waals surface area (Å²) in [5, 5.41) is 4.01. The van der Waals surface area contributed by atoms with Crippen LogP contribution in [-0.4, -0.2) is 34.7 Å². The molecule has 0 aliphatic carbocycles. The lowest BCUT2D eigenvalue weighted by molar-refractivity contribution is 0.579. The zero-order valence-corrected chi connectivity index (χ0v) is 11.1. The van der Waals surface area contributed by atoms with Gasteiger partial charge in [0.25, 0.3) is 0 Å². The molecule has 3 N–H and O–H groups in total. The molecule has 0 radical (unpaired) electrons. The van der Waals surface area contributed by atoms with Crippen molar-refractivity contribution >= 4 is 16.0 Å². The monoisotopic (exact) mass is 282 g/mol. The molecule has 0 aliphatic heterocycles. The fourth-order valence-corrected chi connectivity index (χ4v) is 2.43. The Morgan fingerprint density at radius 2 is 2.05 bits per heavy atom. The second-order valence-corrected chi connectivity index (χ2v) is 5.64. The van der Waals surface area contributed by atoms with Crippen LogP contribution in [0.2, 0.25) is 0 Å². The number of aryl methyl sites for hydroxylation is 1. The van der Waals surface area contributed by atoms with Gasteiger partial charge in [-0.15, -0.1) is 0 Å². The number of anilines is 1. The van der Waals surface area contributed by atoms with Crippen molar-refractivity contribution in [2.24, 2.45) is 7.05 Å². The van der Waals surface area contributed by atoms with Crippen molar-refractivity contribution in [3.63, 3.8) is 0 Å². The molecular weight excluding hydrogens is 268 g/mol. The first-order chi connectivity index (χ1) is 8.99. The van der Waals surface area contributed by atoms with Gasteiger partial charge in [0.1, 0.15) is 4.90 Å². The van der Waals surface area contributed by atoms with Crippen molar-refractivity contribution in [2.45, 2.75) is 11.3 Å². The molecule has 2 heterocycles. The fourth-order valence-electron chi connectivity index (χ4n) is 1.51. The summed E-state index contributed by atoms with van der Waals surface area (Å²) >= 11 is 0. The van der Waals surface area contributed by atoms with Crippen LogP contribution in [0.1, 0.15) is 5.69 Å². The van der Waals surface area contributed by atoms with Gasteiger partial charge in [0, 0.05) is 31.9 Å². The molecule has 2 rings (SSSR count). The van der Waals surface area contributed by atoms with E-state index in [9.17, 15) is 8.42 Å². The van der Waals surface area contributed by atoms with E-state index in [2.05, 4.69) is 19.8 Å². The topological polar surface area (TPSA) is 116 Å². The number of nitrogen functional groups attached to an aromatic ring is 1. The molecule has 0 spiro atoms. The molecule has 2 aromatic heterocycles. The molecule has 0 aliphatic rings. The minimum atomic E-state index is -3.60. The number of sulfonamides is 1. The smallest absolute Gasteiger partial charge is 0.243 e. The first-order valence-electron chi connectivity index (χ1n) is 5.53. The summed E-state index contributed by atoms with van der Waals surface area (Å²) in [5.74, 6) is 0.0360. The Bertz CT molecular complexity index is 649. The maximum atomic E-state index is 11.9. The van der Waals surface area contributed by atoms with Gasteiger partial charge in [0.05, 0.1) is 12.4 Å². The molecule has 102 valence electrons. The molecule has 0 atom stereocenters. The summed E-state index contributed by atoms with van der Waals surface area (Å²) in [5.41, 5.74) is 6.24. The van der Waals surface area contributed by atoms with Gasteiger partial charge >= 0.3 is 0 Å². The van der Waals surface area contributed by atoms with Gasteiger partial charge < -0.3 is 5.73 Å². The van der Waals surface area contributed by atoms with Gasteiger partial charge in [0.2, 0.25) is 16.0 Å². The van der Waals surface area contributed by atoms with Gasteiger partial charge in [-0.25, -0.2) is 23.1 Å². The Balaban J connectivity index is 1.98. The summed E-state index contributed by atoms with van der Waals surface area (Å²) in [6.45, 7) is 0.270. The lowest BCUT2D eigenvalue weighted by Crippen LogP contribution is -2.26. The average molecular weight is 282 g/mol. The van der Waals surface area contributed by atoms with E-state index in [1.165, 1.54) is 12.4 Å². The Kier molecular flexibility index (Phi) is 3.76. The third-order valence-electron chi connectivity index (χ3n) is 2.55. The van der Waals surface area contributed by atoms with Gasteiger partial charge in [-0.3, -0.25) is 4.68 Å². The molecule has 8 nitrogen and oxygen atoms in total. The maximum absolute atomic E-state index is 11.9. The Labute approximate surface area is 110 Å². The van der Waals surface area contributed by atoms with E-state index in [1.54, 1.807) is 17.9 Å². The number of nitrogens with zero attached hydrogens (tertiary/aromatic N) is 4. The fraction of sp³-hybridized carbons (Fsp3) is 0.300. The highest BCUT2D eigenvalue weighted by Crippen LogP contribution is 2.06. The Hall–Kier alpha value is -2.00. The summed E-state index contributed by atoms with van der Waals surface area (Å²) in [6, 6.07) is 1.83. The number of hydrogen-bond donors (Lipinski definition) is 2. The third-order valence-corrected chi connectivity index (χ3v) is 3.97. The number of rotatable bonds is 5. The molecule has 0 saturated carbocycles. The Morgan fingerprint density at radius 1 is 1.37 bits per heavy atom. The van der Waals surface area contributed by atoms with Gasteiger partial charge in [0.15, 0.2) is 0 Å². The summed E-state index contributed by atoms with van der Waals surface area (Å²) < 4.78 is 28.0. The highest BCUT2D eigenvalue weighted by atomic mass is 32.2. The van der Waals surface area contributed by atoms with E-state index in [-0.39, 0.29) is 17.4 Å². The highest BCUT2D eigenvalue weighted by molar-refractivity contribution is 7.89. The average Bonchev–Trinajstić information content (AvgIpc) is 2.75. The van der Waals surface area contributed by atoms with Crippen LogP contribution < -0.4 is 10.5 Å². The minimum Gasteiger partial charge on any atom is -0.368 e. The van der Waals surface area contributed by atoms with E-state index >= 15 is 0 Å². The van der Waals surface area contributed by atoms with Crippen molar-refractivity contribution in [2.75, 3.05) is 12.3 Å². The van der Waals surface area contributed by atoms with Crippen molar-refractivity contribution in [1.29, 1.82) is 0 Å². The van der Waals surface area contributed by atoms with E-state index < -0.39 is 10.0 Å². The number of aromatic nitrogens is 4. The van der Waals surface area contributed by atoms with Crippen molar-refractivity contribution in [1.82, 2.24) is 24.5 Å².